The van der Waals surface area contributed by atoms with Gasteiger partial charge < -0.3 is 0 Å². The summed E-state index contributed by atoms with van der Waals surface area (Å²) < 4.78 is 0. The van der Waals surface area contributed by atoms with Gasteiger partial charge in [-0.2, -0.15) is 13.5 Å². The molecule has 0 fully saturated rings. The molecule has 0 spiro atoms. The molecule has 0 atom stereocenters. The Labute approximate surface area is 78.5 Å². The van der Waals surface area contributed by atoms with Gasteiger partial charge in [0.1, 0.15) is 0 Å². The van der Waals surface area contributed by atoms with Crippen LogP contribution in [0, 0.1) is 0 Å². The third-order valence-corrected chi connectivity index (χ3v) is 1.76. The second-order valence-corrected chi connectivity index (χ2v) is 2.85. The van der Waals surface area contributed by atoms with Crippen LogP contribution < -0.4 is 0 Å². The number of hydrogen-bond acceptors (Lipinski definition) is 0. The maximum atomic E-state index is 3.69. The van der Waals surface area contributed by atoms with E-state index < -0.39 is 0 Å². The van der Waals surface area contributed by atoms with Gasteiger partial charge in [0, 0.05) is 0 Å². The standard InChI is InChI=1S/C10H20.H2S/c1-3-5-7-9-10-8-6-4-2;/h3H,1,4-10H2,2H3;1H2. The smallest absolute Gasteiger partial charge is 0.0353 e. The molecule has 0 unspecified atom stereocenters. The van der Waals surface area contributed by atoms with Crippen LogP contribution in [0.15, 0.2) is 12.7 Å². The van der Waals surface area contributed by atoms with Crippen molar-refractivity contribution in [1.29, 1.82) is 0 Å². The van der Waals surface area contributed by atoms with Crippen molar-refractivity contribution in [3.8, 4) is 0 Å². The molecule has 0 bridgehead atoms. The third-order valence-electron chi connectivity index (χ3n) is 1.76. The molecule has 0 aliphatic rings. The van der Waals surface area contributed by atoms with E-state index in [1.165, 1.54) is 44.9 Å². The fourth-order valence-corrected chi connectivity index (χ4v) is 1.07. The molecule has 0 aromatic heterocycles. The number of unbranched alkanes of at least 4 members (excludes halogenated alkanes) is 6. The Hall–Kier alpha value is 0.0900. The normalized spacial score (nSPS) is 8.82. The molecule has 0 rings (SSSR count). The summed E-state index contributed by atoms with van der Waals surface area (Å²) in [6.07, 6.45) is 11.6. The van der Waals surface area contributed by atoms with E-state index in [0.717, 1.165) is 0 Å². The lowest BCUT2D eigenvalue weighted by Gasteiger charge is -1.96. The monoisotopic (exact) mass is 174 g/mol. The van der Waals surface area contributed by atoms with Crippen LogP contribution in [0.1, 0.15) is 51.9 Å². The molecular weight excluding hydrogens is 152 g/mol. The average molecular weight is 174 g/mol. The summed E-state index contributed by atoms with van der Waals surface area (Å²) in [6, 6.07) is 0. The van der Waals surface area contributed by atoms with Crippen LogP contribution >= 0.6 is 13.5 Å². The van der Waals surface area contributed by atoms with E-state index in [2.05, 4.69) is 13.5 Å². The van der Waals surface area contributed by atoms with Gasteiger partial charge in [0.25, 0.3) is 0 Å². The molecule has 0 amide bonds. The minimum atomic E-state index is 0. The van der Waals surface area contributed by atoms with Crippen molar-refractivity contribution in [2.24, 2.45) is 0 Å². The molecule has 0 aliphatic carbocycles. The quantitative estimate of drug-likeness (QED) is 0.404. The van der Waals surface area contributed by atoms with Crippen molar-refractivity contribution in [3.63, 3.8) is 0 Å². The van der Waals surface area contributed by atoms with E-state index in [9.17, 15) is 0 Å². The van der Waals surface area contributed by atoms with Crippen molar-refractivity contribution in [2.45, 2.75) is 51.9 Å². The van der Waals surface area contributed by atoms with Gasteiger partial charge in [0.05, 0.1) is 0 Å². The third kappa shape index (κ3) is 13.1. The topological polar surface area (TPSA) is 0 Å². The van der Waals surface area contributed by atoms with Gasteiger partial charge in [0.15, 0.2) is 0 Å². The maximum absolute atomic E-state index is 3.69. The lowest BCUT2D eigenvalue weighted by Crippen LogP contribution is -1.76. The summed E-state index contributed by atoms with van der Waals surface area (Å²) in [7, 11) is 0. The van der Waals surface area contributed by atoms with Crippen molar-refractivity contribution >= 4 is 13.5 Å². The molecule has 0 nitrogen and oxygen atoms in total. The molecule has 11 heavy (non-hydrogen) atoms. The first-order valence-electron chi connectivity index (χ1n) is 4.52. The largest absolute Gasteiger partial charge is 0.197 e. The Morgan fingerprint density at radius 3 is 2.09 bits per heavy atom. The fraction of sp³-hybridized carbons (Fsp3) is 0.800. The number of allylic oxidation sites excluding steroid dienone is 1. The zero-order chi connectivity index (χ0) is 7.66. The van der Waals surface area contributed by atoms with Gasteiger partial charge >= 0.3 is 0 Å². The zero-order valence-electron chi connectivity index (χ0n) is 7.73. The Balaban J connectivity index is 0. The van der Waals surface area contributed by atoms with Crippen LogP contribution in [0.4, 0.5) is 0 Å². The average Bonchev–Trinajstić information content (AvgIpc) is 1.97. The summed E-state index contributed by atoms with van der Waals surface area (Å²) >= 11 is 0. The minimum absolute atomic E-state index is 0. The van der Waals surface area contributed by atoms with Gasteiger partial charge in [-0.1, -0.05) is 45.1 Å². The van der Waals surface area contributed by atoms with Crippen molar-refractivity contribution in [3.05, 3.63) is 12.7 Å². The maximum Gasteiger partial charge on any atom is -0.0353 e. The molecular formula is C10H22S. The van der Waals surface area contributed by atoms with Crippen molar-refractivity contribution in [1.82, 2.24) is 0 Å². The van der Waals surface area contributed by atoms with E-state index in [1.54, 1.807) is 0 Å². The van der Waals surface area contributed by atoms with E-state index >= 15 is 0 Å². The highest BCUT2D eigenvalue weighted by molar-refractivity contribution is 7.59. The molecule has 68 valence electrons. The summed E-state index contributed by atoms with van der Waals surface area (Å²) in [6.45, 7) is 5.95. The second kappa shape index (κ2) is 12.7. The minimum Gasteiger partial charge on any atom is -0.197 e. The molecule has 1 heteroatoms. The Morgan fingerprint density at radius 1 is 1.00 bits per heavy atom. The molecule has 0 saturated heterocycles. The molecule has 0 heterocycles. The van der Waals surface area contributed by atoms with Crippen LogP contribution in [0.5, 0.6) is 0 Å². The Kier molecular flexibility index (Phi) is 15.8. The van der Waals surface area contributed by atoms with Gasteiger partial charge in [-0.3, -0.25) is 0 Å². The molecule has 0 aliphatic heterocycles. The second-order valence-electron chi connectivity index (χ2n) is 2.85. The summed E-state index contributed by atoms with van der Waals surface area (Å²) in [5.41, 5.74) is 0. The SMILES string of the molecule is C=CCCCCCCCC.S. The van der Waals surface area contributed by atoms with Crippen LogP contribution in [0.3, 0.4) is 0 Å². The lowest BCUT2D eigenvalue weighted by atomic mass is 10.1. The highest BCUT2D eigenvalue weighted by atomic mass is 32.1. The predicted octanol–water partition coefficient (Wildman–Crippen LogP) is 4.04. The van der Waals surface area contributed by atoms with Gasteiger partial charge in [0.2, 0.25) is 0 Å². The van der Waals surface area contributed by atoms with E-state index in [4.69, 9.17) is 0 Å². The first kappa shape index (κ1) is 13.7. The summed E-state index contributed by atoms with van der Waals surface area (Å²) in [4.78, 5) is 0. The molecule has 0 saturated carbocycles. The predicted molar refractivity (Wildman–Crippen MR) is 58.6 cm³/mol. The molecule has 0 aromatic carbocycles. The van der Waals surface area contributed by atoms with E-state index in [0.29, 0.717) is 0 Å². The van der Waals surface area contributed by atoms with E-state index in [-0.39, 0.29) is 13.5 Å². The van der Waals surface area contributed by atoms with Crippen LogP contribution in [-0.4, -0.2) is 0 Å². The molecule has 0 radical (unpaired) electrons. The van der Waals surface area contributed by atoms with Gasteiger partial charge in [-0.05, 0) is 12.8 Å². The van der Waals surface area contributed by atoms with Crippen LogP contribution in [0.2, 0.25) is 0 Å². The van der Waals surface area contributed by atoms with Crippen molar-refractivity contribution in [2.75, 3.05) is 0 Å². The molecule has 0 N–H and O–H groups in total. The highest BCUT2D eigenvalue weighted by Gasteiger charge is 1.86. The first-order valence-corrected chi connectivity index (χ1v) is 4.52. The van der Waals surface area contributed by atoms with Crippen LogP contribution in [-0.2, 0) is 0 Å². The number of hydrogen-bond donors (Lipinski definition) is 0. The van der Waals surface area contributed by atoms with Gasteiger partial charge in [-0.25, -0.2) is 0 Å². The highest BCUT2D eigenvalue weighted by Crippen LogP contribution is 2.06. The summed E-state index contributed by atoms with van der Waals surface area (Å²) in [5, 5.41) is 0. The zero-order valence-corrected chi connectivity index (χ0v) is 8.73. The fourth-order valence-electron chi connectivity index (χ4n) is 1.07. The Morgan fingerprint density at radius 2 is 1.55 bits per heavy atom. The van der Waals surface area contributed by atoms with Gasteiger partial charge in [-0.15, -0.1) is 6.58 Å². The Bertz CT molecular complexity index is 69.3. The van der Waals surface area contributed by atoms with E-state index in [1.807, 2.05) is 6.08 Å². The first-order chi connectivity index (χ1) is 4.91. The molecule has 0 aromatic rings. The van der Waals surface area contributed by atoms with Crippen LogP contribution in [0.25, 0.3) is 0 Å². The van der Waals surface area contributed by atoms with Crippen molar-refractivity contribution < 1.29 is 0 Å². The lowest BCUT2D eigenvalue weighted by molar-refractivity contribution is 0.611. The number of rotatable bonds is 7. The summed E-state index contributed by atoms with van der Waals surface area (Å²) in [5.74, 6) is 0.